The molecule has 0 aromatic rings. The van der Waals surface area contributed by atoms with Crippen LogP contribution in [0.2, 0.25) is 0 Å². The Balaban J connectivity index is 1.66. The average molecular weight is 461 g/mol. The fourth-order valence-electron chi connectivity index (χ4n) is 3.79. The lowest BCUT2D eigenvalue weighted by molar-refractivity contribution is 0.255. The summed E-state index contributed by atoms with van der Waals surface area (Å²) in [5, 5.41) is 0. The molecule has 0 radical (unpaired) electrons. The van der Waals surface area contributed by atoms with Gasteiger partial charge in [-0.05, 0) is 72.8 Å². The van der Waals surface area contributed by atoms with Gasteiger partial charge in [-0.2, -0.15) is 14.5 Å². The van der Waals surface area contributed by atoms with Gasteiger partial charge in [0.1, 0.15) is 0 Å². The molecule has 0 N–H and O–H groups in total. The third-order valence-corrected chi connectivity index (χ3v) is 7.63. The van der Waals surface area contributed by atoms with Crippen LogP contribution in [0.3, 0.4) is 0 Å². The molecule has 5 nitrogen and oxygen atoms in total. The molecule has 10 heteroatoms. The van der Waals surface area contributed by atoms with Crippen molar-refractivity contribution in [1.82, 2.24) is 9.80 Å². The molecule has 0 spiro atoms. The first-order chi connectivity index (χ1) is 12.5. The van der Waals surface area contributed by atoms with E-state index in [1.165, 1.54) is 0 Å². The van der Waals surface area contributed by atoms with E-state index in [1.54, 1.807) is 0 Å². The summed E-state index contributed by atoms with van der Waals surface area (Å²) in [6.45, 7) is 3.68. The van der Waals surface area contributed by atoms with Crippen molar-refractivity contribution in [2.75, 3.05) is 37.9 Å². The summed E-state index contributed by atoms with van der Waals surface area (Å²) in [4.78, 5) is 9.11. The van der Waals surface area contributed by atoms with Crippen molar-refractivity contribution in [3.63, 3.8) is 0 Å². The molecule has 3 aliphatic heterocycles. The quantitative estimate of drug-likeness (QED) is 0.392. The molecular formula is C16H26Cl4N5P. The van der Waals surface area contributed by atoms with Crippen molar-refractivity contribution in [1.29, 1.82) is 0 Å². The minimum absolute atomic E-state index is 0.653. The van der Waals surface area contributed by atoms with Gasteiger partial charge in [-0.3, -0.25) is 0 Å². The lowest BCUT2D eigenvalue weighted by Gasteiger charge is -2.36. The highest BCUT2D eigenvalue weighted by atomic mass is 35.9. The largest absolute Gasteiger partial charge is 0.341 e. The zero-order valence-corrected chi connectivity index (χ0v) is 18.8. The summed E-state index contributed by atoms with van der Waals surface area (Å²) in [5.41, 5.74) is 0. The molecule has 2 saturated heterocycles. The molecule has 148 valence electrons. The Kier molecular flexibility index (Phi) is 7.85. The Labute approximate surface area is 175 Å². The number of guanidine groups is 2. The Morgan fingerprint density at radius 3 is 1.73 bits per heavy atom. The average Bonchev–Trinajstić information content (AvgIpc) is 2.62. The van der Waals surface area contributed by atoms with E-state index in [9.17, 15) is 0 Å². The second-order valence-corrected chi connectivity index (χ2v) is 12.6. The first-order valence-corrected chi connectivity index (χ1v) is 13.9. The number of hydrogen-bond acceptors (Lipinski definition) is 5. The fourth-order valence-corrected chi connectivity index (χ4v) is 6.04. The van der Waals surface area contributed by atoms with Crippen LogP contribution in [0, 0.1) is 11.8 Å². The Morgan fingerprint density at radius 2 is 1.27 bits per heavy atom. The Morgan fingerprint density at radius 1 is 0.808 bits per heavy atom. The van der Waals surface area contributed by atoms with Gasteiger partial charge in [-0.1, -0.05) is 0 Å². The van der Waals surface area contributed by atoms with Crippen LogP contribution < -0.4 is 0 Å². The standard InChI is InChI=1S/C16H26Cl4N5P/c17-7-1-13-3-9-24(10-4-13)15-21-16(23-26(19,20)22-15)25-11-5-14(2-8-18)6-12-25/h13-14H,1-12H2. The number of halogens is 4. The molecule has 0 atom stereocenters. The molecule has 3 heterocycles. The van der Waals surface area contributed by atoms with E-state index in [2.05, 4.69) is 19.3 Å². The van der Waals surface area contributed by atoms with Gasteiger partial charge in [0.05, 0.1) is 0 Å². The smallest absolute Gasteiger partial charge is 0.259 e. The van der Waals surface area contributed by atoms with Gasteiger partial charge in [0, 0.05) is 37.9 Å². The number of aliphatic imine (C=N–C) groups is 1. The first kappa shape index (κ1) is 21.0. The van der Waals surface area contributed by atoms with Crippen molar-refractivity contribution < 1.29 is 0 Å². The maximum Gasteiger partial charge on any atom is 0.259 e. The molecule has 3 aliphatic rings. The SMILES string of the molecule is ClCCC1CCN(C2=NC(N3CCC(CCCl)CC3)=NP(Cl)(Cl)=N2)CC1. The number of piperidine rings is 2. The van der Waals surface area contributed by atoms with Crippen LogP contribution in [0.5, 0.6) is 0 Å². The van der Waals surface area contributed by atoms with Gasteiger partial charge in [0.2, 0.25) is 11.9 Å². The molecule has 0 unspecified atom stereocenters. The molecule has 0 aliphatic carbocycles. The predicted octanol–water partition coefficient (Wildman–Crippen LogP) is 5.82. The van der Waals surface area contributed by atoms with Crippen LogP contribution in [-0.2, 0) is 0 Å². The van der Waals surface area contributed by atoms with Crippen LogP contribution in [0.15, 0.2) is 14.5 Å². The lowest BCUT2D eigenvalue weighted by Crippen LogP contribution is -2.42. The van der Waals surface area contributed by atoms with Crippen LogP contribution in [0.25, 0.3) is 0 Å². The number of rotatable bonds is 4. The van der Waals surface area contributed by atoms with Gasteiger partial charge in [0.25, 0.3) is 5.91 Å². The molecule has 0 amide bonds. The maximum atomic E-state index is 6.41. The summed E-state index contributed by atoms with van der Waals surface area (Å²) >= 11 is 24.6. The van der Waals surface area contributed by atoms with Crippen molar-refractivity contribution in [3.05, 3.63) is 0 Å². The van der Waals surface area contributed by atoms with Gasteiger partial charge in [0.15, 0.2) is 0 Å². The number of nitrogens with zero attached hydrogens (tertiary/aromatic N) is 5. The van der Waals surface area contributed by atoms with Crippen molar-refractivity contribution in [2.24, 2.45) is 26.3 Å². The molecule has 2 fully saturated rings. The second kappa shape index (κ2) is 9.69. The highest BCUT2D eigenvalue weighted by Crippen LogP contribution is 2.63. The Bertz CT molecular complexity index is 563. The second-order valence-electron chi connectivity index (χ2n) is 7.18. The maximum absolute atomic E-state index is 6.41. The van der Waals surface area contributed by atoms with E-state index in [0.29, 0.717) is 23.8 Å². The summed E-state index contributed by atoms with van der Waals surface area (Å²) in [5.74, 6) is 1.40. The third kappa shape index (κ3) is 5.67. The molecule has 3 rings (SSSR count). The van der Waals surface area contributed by atoms with E-state index >= 15 is 0 Å². The topological polar surface area (TPSA) is 43.6 Å². The van der Waals surface area contributed by atoms with E-state index in [-0.39, 0.29) is 0 Å². The zero-order valence-electron chi connectivity index (χ0n) is 14.8. The minimum Gasteiger partial charge on any atom is -0.341 e. The third-order valence-electron chi connectivity index (χ3n) is 5.45. The van der Waals surface area contributed by atoms with E-state index < -0.39 is 5.91 Å². The van der Waals surface area contributed by atoms with E-state index in [1.807, 2.05) is 0 Å². The molecule has 0 aromatic heterocycles. The number of likely N-dealkylation sites (tertiary alicyclic amines) is 2. The van der Waals surface area contributed by atoms with Crippen LogP contribution in [0.1, 0.15) is 38.5 Å². The highest BCUT2D eigenvalue weighted by molar-refractivity contribution is 8.09. The highest BCUT2D eigenvalue weighted by Gasteiger charge is 2.30. The van der Waals surface area contributed by atoms with Gasteiger partial charge < -0.3 is 9.80 Å². The predicted molar refractivity (Wildman–Crippen MR) is 115 cm³/mol. The molecule has 0 bridgehead atoms. The molecule has 0 saturated carbocycles. The van der Waals surface area contributed by atoms with Crippen LogP contribution in [0.4, 0.5) is 0 Å². The fraction of sp³-hybridized carbons (Fsp3) is 0.875. The van der Waals surface area contributed by atoms with Crippen molar-refractivity contribution in [2.45, 2.75) is 38.5 Å². The molecule has 0 aromatic carbocycles. The van der Waals surface area contributed by atoms with Gasteiger partial charge in [-0.25, -0.2) is 0 Å². The van der Waals surface area contributed by atoms with Gasteiger partial charge >= 0.3 is 0 Å². The van der Waals surface area contributed by atoms with Crippen LogP contribution >= 0.6 is 51.6 Å². The zero-order chi connectivity index (χ0) is 18.6. The number of hydrogen-bond donors (Lipinski definition) is 0. The summed E-state index contributed by atoms with van der Waals surface area (Å²) < 4.78 is 8.92. The van der Waals surface area contributed by atoms with Gasteiger partial charge in [-0.15, -0.1) is 23.2 Å². The molecule has 26 heavy (non-hydrogen) atoms. The molecular weight excluding hydrogens is 435 g/mol. The summed E-state index contributed by atoms with van der Waals surface area (Å²) in [7, 11) is 0. The first-order valence-electron chi connectivity index (χ1n) is 9.33. The minimum atomic E-state index is -2.74. The Hall–Kier alpha value is 0.330. The number of alkyl halides is 2. The van der Waals surface area contributed by atoms with E-state index in [4.69, 9.17) is 50.7 Å². The van der Waals surface area contributed by atoms with Crippen molar-refractivity contribution in [3.8, 4) is 0 Å². The van der Waals surface area contributed by atoms with Crippen molar-refractivity contribution >= 4 is 63.5 Å². The van der Waals surface area contributed by atoms with Crippen LogP contribution in [-0.4, -0.2) is 59.7 Å². The van der Waals surface area contributed by atoms with E-state index in [0.717, 1.165) is 76.5 Å². The monoisotopic (exact) mass is 459 g/mol. The summed E-state index contributed by atoms with van der Waals surface area (Å²) in [6.07, 6.45) is 6.57. The normalized spacial score (nSPS) is 24.9. The summed E-state index contributed by atoms with van der Waals surface area (Å²) in [6, 6.07) is 0. The lowest BCUT2D eigenvalue weighted by atomic mass is 9.94.